The van der Waals surface area contributed by atoms with Crippen LogP contribution in [0.4, 0.5) is 0 Å². The Morgan fingerprint density at radius 3 is 3.00 bits per heavy atom. The van der Waals surface area contributed by atoms with Gasteiger partial charge in [-0.05, 0) is 30.4 Å². The Balaban J connectivity index is 2.00. The summed E-state index contributed by atoms with van der Waals surface area (Å²) in [6.45, 7) is 2.02. The number of rotatable bonds is 2. The summed E-state index contributed by atoms with van der Waals surface area (Å²) in [7, 11) is 0. The maximum Gasteiger partial charge on any atom is 0.331 e. The molecule has 2 aromatic heterocycles. The Hall–Kier alpha value is -2.15. The van der Waals surface area contributed by atoms with Crippen LogP contribution in [0.5, 0.6) is 0 Å². The zero-order chi connectivity index (χ0) is 14.3. The van der Waals surface area contributed by atoms with Crippen molar-refractivity contribution in [3.05, 3.63) is 39.7 Å². The third-order valence-corrected chi connectivity index (χ3v) is 4.40. The maximum absolute atomic E-state index is 12.5. The zero-order valence-electron chi connectivity index (χ0n) is 10.7. The molecule has 2 aromatic rings. The second-order valence-electron chi connectivity index (χ2n) is 4.56. The molecule has 0 radical (unpaired) electrons. The first kappa shape index (κ1) is 12.9. The first-order valence-electron chi connectivity index (χ1n) is 6.09. The highest BCUT2D eigenvalue weighted by Crippen LogP contribution is 2.34. The van der Waals surface area contributed by atoms with Gasteiger partial charge in [0.2, 0.25) is 5.76 Å². The van der Waals surface area contributed by atoms with E-state index in [2.05, 4.69) is 4.98 Å². The molecule has 6 nitrogen and oxygen atoms in total. The van der Waals surface area contributed by atoms with Gasteiger partial charge in [0.25, 0.3) is 5.91 Å². The predicted molar refractivity (Wildman–Crippen MR) is 70.7 cm³/mol. The van der Waals surface area contributed by atoms with Crippen molar-refractivity contribution in [3.8, 4) is 0 Å². The van der Waals surface area contributed by atoms with Crippen LogP contribution in [-0.2, 0) is 11.2 Å². The number of carbonyl (C=O) groups is 2. The molecule has 0 fully saturated rings. The smallest absolute Gasteiger partial charge is 0.331 e. The normalized spacial score (nSPS) is 17.9. The number of aliphatic carboxylic acids is 1. The van der Waals surface area contributed by atoms with Crippen molar-refractivity contribution in [2.45, 2.75) is 19.4 Å². The van der Waals surface area contributed by atoms with Crippen molar-refractivity contribution in [3.63, 3.8) is 0 Å². The van der Waals surface area contributed by atoms with Crippen LogP contribution in [0.2, 0.25) is 0 Å². The minimum Gasteiger partial charge on any atom is -0.479 e. The Bertz CT molecular complexity index is 675. The van der Waals surface area contributed by atoms with Crippen molar-refractivity contribution in [1.29, 1.82) is 0 Å². The monoisotopic (exact) mass is 292 g/mol. The number of fused-ring (bicyclic) bond motifs is 1. The van der Waals surface area contributed by atoms with Gasteiger partial charge in [-0.1, -0.05) is 0 Å². The molecule has 104 valence electrons. The van der Waals surface area contributed by atoms with Crippen molar-refractivity contribution >= 4 is 23.2 Å². The van der Waals surface area contributed by atoms with Crippen molar-refractivity contribution < 1.29 is 19.1 Å². The van der Waals surface area contributed by atoms with Gasteiger partial charge in [-0.25, -0.2) is 9.78 Å². The molecule has 1 N–H and O–H groups in total. The number of aryl methyl sites for hydroxylation is 1. The standard InChI is InChI=1S/C13H12N2O4S/c1-7-11(19-6-14-7)12(16)15-4-2-9-8(3-5-20-9)10(15)13(17)18/h3,5-6,10H,2,4H2,1H3,(H,17,18). The van der Waals surface area contributed by atoms with Crippen LogP contribution in [0.3, 0.4) is 0 Å². The fraction of sp³-hybridized carbons (Fsp3) is 0.308. The van der Waals surface area contributed by atoms with Crippen molar-refractivity contribution in [1.82, 2.24) is 9.88 Å². The molecule has 0 bridgehead atoms. The fourth-order valence-corrected chi connectivity index (χ4v) is 3.34. The first-order valence-corrected chi connectivity index (χ1v) is 6.97. The van der Waals surface area contributed by atoms with Gasteiger partial charge in [0, 0.05) is 11.4 Å². The molecule has 1 amide bonds. The highest BCUT2D eigenvalue weighted by molar-refractivity contribution is 7.10. The highest BCUT2D eigenvalue weighted by atomic mass is 32.1. The number of oxazole rings is 1. The average Bonchev–Trinajstić information content (AvgIpc) is 3.04. The molecule has 0 spiro atoms. The third-order valence-electron chi connectivity index (χ3n) is 3.40. The lowest BCUT2D eigenvalue weighted by molar-refractivity contribution is -0.143. The van der Waals surface area contributed by atoms with Crippen LogP contribution in [0.1, 0.15) is 32.7 Å². The summed E-state index contributed by atoms with van der Waals surface area (Å²) < 4.78 is 5.08. The van der Waals surface area contributed by atoms with Crippen LogP contribution in [0.15, 0.2) is 22.3 Å². The number of carbonyl (C=O) groups excluding carboxylic acids is 1. The molecule has 7 heteroatoms. The van der Waals surface area contributed by atoms with E-state index >= 15 is 0 Å². The van der Waals surface area contributed by atoms with Gasteiger partial charge in [-0.15, -0.1) is 11.3 Å². The van der Waals surface area contributed by atoms with E-state index in [-0.39, 0.29) is 5.76 Å². The number of aromatic nitrogens is 1. The minimum atomic E-state index is -1.03. The third kappa shape index (κ3) is 1.90. The van der Waals surface area contributed by atoms with Crippen LogP contribution in [-0.4, -0.2) is 33.4 Å². The van der Waals surface area contributed by atoms with E-state index in [1.165, 1.54) is 22.6 Å². The SMILES string of the molecule is Cc1ncoc1C(=O)N1CCc2sccc2C1C(=O)O. The Morgan fingerprint density at radius 1 is 1.55 bits per heavy atom. The molecule has 3 heterocycles. The number of carboxylic acids is 1. The average molecular weight is 292 g/mol. The van der Waals surface area contributed by atoms with Crippen LogP contribution in [0, 0.1) is 6.92 Å². The van der Waals surface area contributed by atoms with Gasteiger partial charge in [-0.3, -0.25) is 4.79 Å². The predicted octanol–water partition coefficient (Wildman–Crippen LogP) is 1.87. The summed E-state index contributed by atoms with van der Waals surface area (Å²) in [4.78, 5) is 30.2. The van der Waals surface area contributed by atoms with E-state index in [1.54, 1.807) is 13.0 Å². The minimum absolute atomic E-state index is 0.106. The first-order chi connectivity index (χ1) is 9.59. The topological polar surface area (TPSA) is 83.6 Å². The molecule has 3 rings (SSSR count). The van der Waals surface area contributed by atoms with E-state index in [0.717, 1.165) is 4.88 Å². The van der Waals surface area contributed by atoms with Crippen LogP contribution in [0.25, 0.3) is 0 Å². The molecular formula is C13H12N2O4S. The highest BCUT2D eigenvalue weighted by Gasteiger charge is 2.38. The Labute approximate surface area is 118 Å². The summed E-state index contributed by atoms with van der Waals surface area (Å²) in [5.41, 5.74) is 1.16. The quantitative estimate of drug-likeness (QED) is 0.913. The van der Waals surface area contributed by atoms with Crippen molar-refractivity contribution in [2.24, 2.45) is 0 Å². The molecule has 0 saturated carbocycles. The number of hydrogen-bond donors (Lipinski definition) is 1. The number of amides is 1. The van der Waals surface area contributed by atoms with Crippen molar-refractivity contribution in [2.75, 3.05) is 6.54 Å². The fourth-order valence-electron chi connectivity index (χ4n) is 2.44. The zero-order valence-corrected chi connectivity index (χ0v) is 11.5. The molecule has 20 heavy (non-hydrogen) atoms. The summed E-state index contributed by atoms with van der Waals surface area (Å²) in [5, 5.41) is 11.3. The Morgan fingerprint density at radius 2 is 2.35 bits per heavy atom. The van der Waals surface area contributed by atoms with Gasteiger partial charge in [0.05, 0.1) is 5.69 Å². The number of nitrogens with zero attached hydrogens (tertiary/aromatic N) is 2. The lowest BCUT2D eigenvalue weighted by Gasteiger charge is -2.32. The molecule has 0 saturated heterocycles. The second kappa shape index (κ2) is 4.75. The molecule has 0 aromatic carbocycles. The molecule has 1 atom stereocenters. The van der Waals surface area contributed by atoms with E-state index < -0.39 is 17.9 Å². The van der Waals surface area contributed by atoms with Crippen LogP contribution < -0.4 is 0 Å². The van der Waals surface area contributed by atoms with E-state index in [1.807, 2.05) is 5.38 Å². The van der Waals surface area contributed by atoms with E-state index in [9.17, 15) is 14.7 Å². The molecular weight excluding hydrogens is 280 g/mol. The maximum atomic E-state index is 12.5. The number of carboxylic acid groups (broad SMARTS) is 1. The second-order valence-corrected chi connectivity index (χ2v) is 5.56. The van der Waals surface area contributed by atoms with Gasteiger partial charge >= 0.3 is 5.97 Å². The summed E-state index contributed by atoms with van der Waals surface area (Å²) in [5.74, 6) is -1.35. The van der Waals surface area contributed by atoms with Gasteiger partial charge < -0.3 is 14.4 Å². The summed E-state index contributed by atoms with van der Waals surface area (Å²) in [6, 6.07) is 0.813. The molecule has 1 aliphatic rings. The largest absolute Gasteiger partial charge is 0.479 e. The van der Waals surface area contributed by atoms with Crippen LogP contribution >= 0.6 is 11.3 Å². The van der Waals surface area contributed by atoms with Gasteiger partial charge in [0.15, 0.2) is 12.4 Å². The Kier molecular flexibility index (Phi) is 3.06. The number of thiophene rings is 1. The van der Waals surface area contributed by atoms with E-state index in [4.69, 9.17) is 4.42 Å². The van der Waals surface area contributed by atoms with Gasteiger partial charge in [0.1, 0.15) is 0 Å². The lowest BCUT2D eigenvalue weighted by Crippen LogP contribution is -2.43. The summed E-state index contributed by atoms with van der Waals surface area (Å²) in [6.07, 6.45) is 1.86. The summed E-state index contributed by atoms with van der Waals surface area (Å²) >= 11 is 1.52. The molecule has 0 aliphatic carbocycles. The molecule has 1 aliphatic heterocycles. The molecule has 1 unspecified atom stereocenters. The van der Waals surface area contributed by atoms with Gasteiger partial charge in [-0.2, -0.15) is 0 Å². The van der Waals surface area contributed by atoms with E-state index in [0.29, 0.717) is 24.2 Å². The lowest BCUT2D eigenvalue weighted by atomic mass is 9.99. The number of hydrogen-bond acceptors (Lipinski definition) is 5.